The number of piperidine rings is 1. The molecule has 17 heavy (non-hydrogen) atoms. The highest BCUT2D eigenvalue weighted by Gasteiger charge is 2.11. The summed E-state index contributed by atoms with van der Waals surface area (Å²) in [6.07, 6.45) is 3.90. The van der Waals surface area contributed by atoms with Crippen molar-refractivity contribution < 1.29 is 4.79 Å². The third kappa shape index (κ3) is 3.28. The van der Waals surface area contributed by atoms with Crippen molar-refractivity contribution in [3.8, 4) is 0 Å². The molecule has 0 bridgehead atoms. The molecule has 3 N–H and O–H groups in total. The number of likely N-dealkylation sites (tertiary alicyclic amines) is 1. The summed E-state index contributed by atoms with van der Waals surface area (Å²) < 4.78 is 0. The molecule has 1 aliphatic rings. The van der Waals surface area contributed by atoms with Crippen LogP contribution in [-0.4, -0.2) is 23.9 Å². The highest BCUT2D eigenvalue weighted by molar-refractivity contribution is 5.93. The number of nitrogens with one attached hydrogen (secondary N) is 1. The molecule has 0 saturated carbocycles. The van der Waals surface area contributed by atoms with Crippen molar-refractivity contribution in [1.82, 2.24) is 10.3 Å². The second-order valence-corrected chi connectivity index (χ2v) is 4.51. The molecule has 1 fully saturated rings. The maximum absolute atomic E-state index is 11.4. The van der Waals surface area contributed by atoms with Crippen LogP contribution in [0.2, 0.25) is 0 Å². The average molecular weight is 233 g/mol. The zero-order chi connectivity index (χ0) is 12.1. The van der Waals surface area contributed by atoms with Gasteiger partial charge in [-0.3, -0.25) is 15.1 Å². The van der Waals surface area contributed by atoms with E-state index in [1.165, 1.54) is 24.8 Å². The molecule has 4 nitrogen and oxygen atoms in total. The first-order valence-electron chi connectivity index (χ1n) is 6.12. The summed E-state index contributed by atoms with van der Waals surface area (Å²) in [4.78, 5) is 13.8. The molecular weight excluding hydrogens is 214 g/mol. The van der Waals surface area contributed by atoms with Crippen molar-refractivity contribution in [2.45, 2.75) is 25.8 Å². The molecule has 1 aromatic rings. The summed E-state index contributed by atoms with van der Waals surface area (Å²) >= 11 is 0. The van der Waals surface area contributed by atoms with Crippen molar-refractivity contribution in [3.05, 3.63) is 35.4 Å². The van der Waals surface area contributed by atoms with Gasteiger partial charge in [-0.2, -0.15) is 0 Å². The predicted molar refractivity (Wildman–Crippen MR) is 67.2 cm³/mol. The monoisotopic (exact) mass is 233 g/mol. The van der Waals surface area contributed by atoms with Crippen molar-refractivity contribution >= 4 is 5.91 Å². The van der Waals surface area contributed by atoms with E-state index in [-0.39, 0.29) is 5.91 Å². The number of benzene rings is 1. The summed E-state index contributed by atoms with van der Waals surface area (Å²) in [5, 5.41) is 0. The number of carbonyl (C=O) groups is 1. The maximum Gasteiger partial charge on any atom is 0.265 e. The molecule has 2 rings (SSSR count). The first kappa shape index (κ1) is 12.1. The van der Waals surface area contributed by atoms with E-state index in [4.69, 9.17) is 5.84 Å². The molecule has 1 aromatic carbocycles. The average Bonchev–Trinajstić information content (AvgIpc) is 2.39. The maximum atomic E-state index is 11.4. The van der Waals surface area contributed by atoms with E-state index in [2.05, 4.69) is 16.4 Å². The molecule has 1 amide bonds. The van der Waals surface area contributed by atoms with Crippen LogP contribution in [-0.2, 0) is 6.54 Å². The lowest BCUT2D eigenvalue weighted by atomic mass is 10.1. The van der Waals surface area contributed by atoms with E-state index in [0.717, 1.165) is 19.6 Å². The molecular formula is C13H19N3O. The quantitative estimate of drug-likeness (QED) is 0.469. The van der Waals surface area contributed by atoms with Gasteiger partial charge >= 0.3 is 0 Å². The van der Waals surface area contributed by atoms with E-state index < -0.39 is 0 Å². The van der Waals surface area contributed by atoms with Gasteiger partial charge in [0.15, 0.2) is 0 Å². The van der Waals surface area contributed by atoms with Gasteiger partial charge in [0.05, 0.1) is 0 Å². The molecule has 92 valence electrons. The van der Waals surface area contributed by atoms with Gasteiger partial charge in [-0.05, 0) is 43.6 Å². The molecule has 1 saturated heterocycles. The summed E-state index contributed by atoms with van der Waals surface area (Å²) in [5.74, 6) is 4.90. The Hall–Kier alpha value is -1.39. The van der Waals surface area contributed by atoms with Crippen molar-refractivity contribution in [2.75, 3.05) is 13.1 Å². The zero-order valence-corrected chi connectivity index (χ0v) is 9.98. The van der Waals surface area contributed by atoms with E-state index in [9.17, 15) is 4.79 Å². The SMILES string of the molecule is NNC(=O)c1cccc(CN2CCCCC2)c1. The molecule has 0 spiro atoms. The molecule has 0 unspecified atom stereocenters. The molecule has 0 aliphatic carbocycles. The Morgan fingerprint density at radius 3 is 2.76 bits per heavy atom. The van der Waals surface area contributed by atoms with Crippen LogP contribution in [0.25, 0.3) is 0 Å². The van der Waals surface area contributed by atoms with Crippen LogP contribution in [0.15, 0.2) is 24.3 Å². The Bertz CT molecular complexity index is 386. The third-order valence-electron chi connectivity index (χ3n) is 3.18. The normalized spacial score (nSPS) is 16.8. The number of hydrogen-bond acceptors (Lipinski definition) is 3. The van der Waals surface area contributed by atoms with E-state index in [1.54, 1.807) is 6.07 Å². The minimum atomic E-state index is -0.231. The lowest BCUT2D eigenvalue weighted by Gasteiger charge is -2.26. The van der Waals surface area contributed by atoms with Crippen LogP contribution in [0.4, 0.5) is 0 Å². The van der Waals surface area contributed by atoms with E-state index in [1.807, 2.05) is 12.1 Å². The number of carbonyl (C=O) groups excluding carboxylic acids is 1. The van der Waals surface area contributed by atoms with Crippen LogP contribution in [0, 0.1) is 0 Å². The predicted octanol–water partition coefficient (Wildman–Crippen LogP) is 1.28. The lowest BCUT2D eigenvalue weighted by Crippen LogP contribution is -2.31. The number of rotatable bonds is 3. The fraction of sp³-hybridized carbons (Fsp3) is 0.462. The smallest absolute Gasteiger partial charge is 0.265 e. The molecule has 0 atom stereocenters. The summed E-state index contributed by atoms with van der Waals surface area (Å²) in [6.45, 7) is 3.24. The van der Waals surface area contributed by atoms with Crippen LogP contribution in [0.5, 0.6) is 0 Å². The van der Waals surface area contributed by atoms with Crippen molar-refractivity contribution in [2.24, 2.45) is 5.84 Å². The van der Waals surface area contributed by atoms with Gasteiger partial charge in [0.2, 0.25) is 0 Å². The third-order valence-corrected chi connectivity index (χ3v) is 3.18. The number of amides is 1. The van der Waals surface area contributed by atoms with Crippen molar-refractivity contribution in [3.63, 3.8) is 0 Å². The molecule has 0 radical (unpaired) electrons. The minimum Gasteiger partial charge on any atom is -0.299 e. The number of nitrogens with zero attached hydrogens (tertiary/aromatic N) is 1. The number of nitrogen functional groups attached to an aromatic ring is 1. The highest BCUT2D eigenvalue weighted by Crippen LogP contribution is 2.13. The van der Waals surface area contributed by atoms with Gasteiger partial charge in [0, 0.05) is 12.1 Å². The summed E-state index contributed by atoms with van der Waals surface area (Å²) in [6, 6.07) is 7.66. The molecule has 1 heterocycles. The molecule has 4 heteroatoms. The Balaban J connectivity index is 2.02. The van der Waals surface area contributed by atoms with E-state index >= 15 is 0 Å². The minimum absolute atomic E-state index is 0.231. The van der Waals surface area contributed by atoms with Crippen LogP contribution in [0.3, 0.4) is 0 Å². The van der Waals surface area contributed by atoms with Gasteiger partial charge in [0.1, 0.15) is 0 Å². The molecule has 0 aromatic heterocycles. The second-order valence-electron chi connectivity index (χ2n) is 4.51. The summed E-state index contributed by atoms with van der Waals surface area (Å²) in [7, 11) is 0. The number of hydrogen-bond donors (Lipinski definition) is 2. The standard InChI is InChI=1S/C13H19N3O/c14-15-13(17)12-6-4-5-11(9-12)10-16-7-2-1-3-8-16/h4-6,9H,1-3,7-8,10,14H2,(H,15,17). The van der Waals surface area contributed by atoms with Gasteiger partial charge in [-0.15, -0.1) is 0 Å². The fourth-order valence-corrected chi connectivity index (χ4v) is 2.27. The largest absolute Gasteiger partial charge is 0.299 e. The Kier molecular flexibility index (Phi) is 4.12. The summed E-state index contributed by atoms with van der Waals surface area (Å²) in [5.41, 5.74) is 3.96. The van der Waals surface area contributed by atoms with Crippen LogP contribution in [0.1, 0.15) is 35.2 Å². The van der Waals surface area contributed by atoms with E-state index in [0.29, 0.717) is 5.56 Å². The van der Waals surface area contributed by atoms with Gasteiger partial charge in [0.25, 0.3) is 5.91 Å². The lowest BCUT2D eigenvalue weighted by molar-refractivity contribution is 0.0953. The Labute approximate surface area is 102 Å². The highest BCUT2D eigenvalue weighted by atomic mass is 16.2. The van der Waals surface area contributed by atoms with Crippen LogP contribution >= 0.6 is 0 Å². The topological polar surface area (TPSA) is 58.4 Å². The first-order chi connectivity index (χ1) is 8.29. The first-order valence-corrected chi connectivity index (χ1v) is 6.12. The zero-order valence-electron chi connectivity index (χ0n) is 9.98. The number of hydrazine groups is 1. The van der Waals surface area contributed by atoms with Crippen molar-refractivity contribution in [1.29, 1.82) is 0 Å². The fourth-order valence-electron chi connectivity index (χ4n) is 2.27. The Morgan fingerprint density at radius 2 is 2.06 bits per heavy atom. The Morgan fingerprint density at radius 1 is 1.29 bits per heavy atom. The molecule has 1 aliphatic heterocycles. The second kappa shape index (κ2) is 5.80. The number of nitrogens with two attached hydrogens (primary N) is 1. The van der Waals surface area contributed by atoms with Gasteiger partial charge < -0.3 is 0 Å². The van der Waals surface area contributed by atoms with Gasteiger partial charge in [-0.1, -0.05) is 18.6 Å². The van der Waals surface area contributed by atoms with Crippen LogP contribution < -0.4 is 11.3 Å². The van der Waals surface area contributed by atoms with Gasteiger partial charge in [-0.25, -0.2) is 5.84 Å².